The average Bonchev–Trinajstić information content (AvgIpc) is 4.43. The Morgan fingerprint density at radius 3 is 2.10 bits per heavy atom. The van der Waals surface area contributed by atoms with Gasteiger partial charge in [-0.25, -0.2) is 4.39 Å². The molecule has 0 radical (unpaired) electrons. The molecule has 1 aliphatic carbocycles. The van der Waals surface area contributed by atoms with E-state index in [2.05, 4.69) is 60.3 Å². The SMILES string of the molecule is C=N/C(C)=C(\S)c1ccc(CNC(=O)[C@@H]2C[C@@H](O)CN2C(=O)[C@@H](NC(=O)CN2CCN(CC3CCN(c4cc5nccc(Oc6ccc(NC(=O)C7(C(=O)Nc8ccc(F)cc8)CC7)cc6)c5cc4OC)CC3)CC2)C(C)(C)C)cc1. The number of fused-ring (bicyclic) bond motifs is 1. The number of piperazine rings is 1. The third-order valence-corrected chi connectivity index (χ3v) is 16.5. The van der Waals surface area contributed by atoms with Crippen LogP contribution in [0.4, 0.5) is 21.5 Å². The molecule has 5 N–H and O–H groups in total. The molecule has 1 saturated carbocycles. The minimum atomic E-state index is -1.19. The molecule has 4 aliphatic rings. The summed E-state index contributed by atoms with van der Waals surface area (Å²) in [5.74, 6) is 0.0636. The van der Waals surface area contributed by atoms with Gasteiger partial charge in [-0.2, -0.15) is 0 Å². The molecule has 3 aliphatic heterocycles. The van der Waals surface area contributed by atoms with E-state index in [9.17, 15) is 33.5 Å². The molecule has 1 aromatic heterocycles. The van der Waals surface area contributed by atoms with Crippen LogP contribution < -0.4 is 35.6 Å². The number of nitrogens with one attached hydrogen (secondary N) is 4. The van der Waals surface area contributed by atoms with E-state index < -0.39 is 52.6 Å². The van der Waals surface area contributed by atoms with Gasteiger partial charge in [0.05, 0.1) is 36.7 Å². The van der Waals surface area contributed by atoms with Gasteiger partial charge in [-0.3, -0.25) is 38.8 Å². The number of likely N-dealkylation sites (tertiary alicyclic amines) is 1. The van der Waals surface area contributed by atoms with Gasteiger partial charge >= 0.3 is 0 Å². The number of ether oxygens (including phenoxy) is 2. The summed E-state index contributed by atoms with van der Waals surface area (Å²) >= 11 is 4.54. The Morgan fingerprint density at radius 1 is 0.864 bits per heavy atom. The zero-order valence-corrected chi connectivity index (χ0v) is 47.6. The van der Waals surface area contributed by atoms with E-state index in [-0.39, 0.29) is 37.9 Å². The molecule has 3 atom stereocenters. The lowest BCUT2D eigenvalue weighted by molar-refractivity contribution is -0.144. The van der Waals surface area contributed by atoms with Crippen LogP contribution in [0.2, 0.25) is 0 Å². The second-order valence-electron chi connectivity index (χ2n) is 22.8. The minimum absolute atomic E-state index is 0.00344. The van der Waals surface area contributed by atoms with Crippen LogP contribution >= 0.6 is 12.6 Å². The summed E-state index contributed by atoms with van der Waals surface area (Å²) in [5, 5.41) is 23.0. The highest BCUT2D eigenvalue weighted by molar-refractivity contribution is 7.90. The van der Waals surface area contributed by atoms with Gasteiger partial charge in [0.1, 0.15) is 40.6 Å². The smallest absolute Gasteiger partial charge is 0.246 e. The predicted molar refractivity (Wildman–Crippen MR) is 315 cm³/mol. The number of amides is 5. The van der Waals surface area contributed by atoms with Crippen LogP contribution in [0.1, 0.15) is 70.9 Å². The first-order valence-electron chi connectivity index (χ1n) is 27.6. The molecule has 0 spiro atoms. The molecule has 4 fully saturated rings. The van der Waals surface area contributed by atoms with Gasteiger partial charge < -0.3 is 50.5 Å². The highest BCUT2D eigenvalue weighted by Crippen LogP contribution is 2.48. The van der Waals surface area contributed by atoms with Crippen molar-refractivity contribution in [1.82, 2.24) is 30.3 Å². The molecule has 0 unspecified atom stereocenters. The first-order chi connectivity index (χ1) is 38.8. The molecule has 428 valence electrons. The van der Waals surface area contributed by atoms with E-state index in [1.165, 1.54) is 29.2 Å². The van der Waals surface area contributed by atoms with Crippen molar-refractivity contribution in [2.75, 3.05) is 81.5 Å². The van der Waals surface area contributed by atoms with Crippen molar-refractivity contribution in [3.8, 4) is 17.2 Å². The molecule has 5 amide bonds. The van der Waals surface area contributed by atoms with Crippen molar-refractivity contribution < 1.29 is 42.9 Å². The summed E-state index contributed by atoms with van der Waals surface area (Å²) in [6.07, 6.45) is 3.76. The fourth-order valence-electron chi connectivity index (χ4n) is 10.8. The summed E-state index contributed by atoms with van der Waals surface area (Å²) in [6, 6.07) is 23.9. The Kier molecular flexibility index (Phi) is 18.1. The number of β-amino-alcohol motifs (C(OH)–C–C–N with tert-alkyl or cyclic N) is 1. The number of methoxy groups -OCH3 is 1. The van der Waals surface area contributed by atoms with Gasteiger partial charge in [0.2, 0.25) is 29.5 Å². The van der Waals surface area contributed by atoms with Crippen molar-refractivity contribution in [2.45, 2.75) is 84.5 Å². The molecule has 5 aromatic rings. The van der Waals surface area contributed by atoms with E-state index >= 15 is 0 Å². The molecule has 0 bridgehead atoms. The number of rotatable bonds is 19. The Bertz CT molecular complexity index is 3150. The number of allylic oxidation sites excluding steroid dienone is 1. The number of carbonyl (C=O) groups is 5. The zero-order chi connectivity index (χ0) is 57.6. The van der Waals surface area contributed by atoms with Crippen molar-refractivity contribution >= 4 is 81.8 Å². The van der Waals surface area contributed by atoms with E-state index in [0.717, 1.165) is 73.3 Å². The third-order valence-electron chi connectivity index (χ3n) is 15.9. The van der Waals surface area contributed by atoms with E-state index in [1.54, 1.807) is 43.6 Å². The molecule has 4 aromatic carbocycles. The van der Waals surface area contributed by atoms with Crippen LogP contribution in [0, 0.1) is 22.6 Å². The van der Waals surface area contributed by atoms with Crippen LogP contribution in [0.15, 0.2) is 108 Å². The Morgan fingerprint density at radius 2 is 1.49 bits per heavy atom. The molecule has 18 nitrogen and oxygen atoms in total. The second-order valence-corrected chi connectivity index (χ2v) is 23.2. The number of aliphatic hydroxyl groups is 1. The maximum Gasteiger partial charge on any atom is 0.246 e. The number of aromatic nitrogens is 1. The largest absolute Gasteiger partial charge is 0.495 e. The van der Waals surface area contributed by atoms with Gasteiger partial charge in [0.25, 0.3) is 0 Å². The number of aliphatic hydroxyl groups excluding tert-OH is 1. The standard InChI is InChI=1S/C61H73FN10O8S/c1-38(63-5)54(81)41-9-7-39(8-10-41)34-65-56(75)50-31-45(73)36-72(50)57(76)55(60(2,3)4)68-53(74)37-70-29-27-69(28-30-70)35-40-20-25-71(26-21-40)49-33-48-47(32-52(49)79-6)51(19-24-64-48)80-46-17-15-44(16-18-46)67-59(78)61(22-23-61)58(77)66-43-13-11-42(62)12-14-43/h7-19,24,32-33,40,45,50,55,73,81H,5,20-23,25-31,34-37H2,1-4,6H3,(H,65,75)(H,66,77)(H,67,78)(H,68,74)/b54-38-/t45-,50+,55-/m1/s1. The second kappa shape index (κ2) is 25.2. The number of carbonyl (C=O) groups excluding carboxylic acids is 5. The number of piperidine rings is 1. The lowest BCUT2D eigenvalue weighted by atomic mass is 9.85. The summed E-state index contributed by atoms with van der Waals surface area (Å²) in [7, 11) is 1.66. The molecule has 3 saturated heterocycles. The number of hydrogen-bond donors (Lipinski definition) is 6. The average molecular weight is 1130 g/mol. The lowest BCUT2D eigenvalue weighted by Gasteiger charge is -2.40. The van der Waals surface area contributed by atoms with Gasteiger partial charge in [-0.15, -0.1) is 12.6 Å². The molecule has 81 heavy (non-hydrogen) atoms. The minimum Gasteiger partial charge on any atom is -0.495 e. The van der Waals surface area contributed by atoms with Crippen molar-refractivity contribution in [3.63, 3.8) is 0 Å². The van der Waals surface area contributed by atoms with Crippen molar-refractivity contribution in [2.24, 2.45) is 21.7 Å². The number of hydrogen-bond acceptors (Lipinski definition) is 14. The Labute approximate surface area is 477 Å². The maximum atomic E-state index is 14.3. The van der Waals surface area contributed by atoms with Crippen molar-refractivity contribution in [3.05, 3.63) is 120 Å². The van der Waals surface area contributed by atoms with Gasteiger partial charge in [-0.05, 0) is 129 Å². The molecule has 20 heteroatoms. The topological polar surface area (TPSA) is 210 Å². The molecule has 4 heterocycles. The van der Waals surface area contributed by atoms with Crippen LogP contribution in [0.3, 0.4) is 0 Å². The Hall–Kier alpha value is -7.39. The number of nitrogens with zero attached hydrogens (tertiary/aromatic N) is 6. The number of benzene rings is 4. The molecular formula is C61H73FN10O8S. The van der Waals surface area contributed by atoms with Crippen LogP contribution in [-0.2, 0) is 30.5 Å². The fraction of sp³-hybridized carbons (Fsp3) is 0.426. The zero-order valence-electron chi connectivity index (χ0n) is 46.7. The van der Waals surface area contributed by atoms with Crippen LogP contribution in [0.25, 0.3) is 15.8 Å². The summed E-state index contributed by atoms with van der Waals surface area (Å²) in [6.45, 7) is 17.1. The van der Waals surface area contributed by atoms with Gasteiger partial charge in [0, 0.05) is 93.2 Å². The van der Waals surface area contributed by atoms with Crippen LogP contribution in [-0.4, -0.2) is 145 Å². The van der Waals surface area contributed by atoms with E-state index in [4.69, 9.17) is 14.5 Å². The lowest BCUT2D eigenvalue weighted by Crippen LogP contribution is -2.59. The Balaban J connectivity index is 0.722. The summed E-state index contributed by atoms with van der Waals surface area (Å²) in [4.78, 5) is 85.6. The highest BCUT2D eigenvalue weighted by Gasteiger charge is 2.56. The van der Waals surface area contributed by atoms with E-state index in [1.807, 2.05) is 64.1 Å². The number of pyridine rings is 1. The first-order valence-corrected chi connectivity index (χ1v) is 28.1. The number of anilines is 3. The van der Waals surface area contributed by atoms with Gasteiger partial charge in [0.15, 0.2) is 0 Å². The van der Waals surface area contributed by atoms with Crippen LogP contribution in [0.5, 0.6) is 17.2 Å². The highest BCUT2D eigenvalue weighted by atomic mass is 32.1. The number of thiol groups is 1. The number of aliphatic imine (C=N–C) groups is 1. The van der Waals surface area contributed by atoms with E-state index in [0.29, 0.717) is 71.1 Å². The maximum absolute atomic E-state index is 14.3. The quantitative estimate of drug-likeness (QED) is 0.0270. The normalized spacial score (nSPS) is 19.3. The number of halogens is 1. The first kappa shape index (κ1) is 58.3. The summed E-state index contributed by atoms with van der Waals surface area (Å²) < 4.78 is 25.7. The summed E-state index contributed by atoms with van der Waals surface area (Å²) in [5.41, 5.74) is 3.22. The van der Waals surface area contributed by atoms with Crippen molar-refractivity contribution in [1.29, 1.82) is 0 Å². The molecular weight excluding hydrogens is 1050 g/mol. The monoisotopic (exact) mass is 1120 g/mol. The fourth-order valence-corrected chi connectivity index (χ4v) is 11.1. The molecule has 9 rings (SSSR count). The van der Waals surface area contributed by atoms with Gasteiger partial charge in [-0.1, -0.05) is 45.0 Å². The predicted octanol–water partition coefficient (Wildman–Crippen LogP) is 7.49. The third kappa shape index (κ3) is 14.0.